The Hall–Kier alpha value is -0.120. The van der Waals surface area contributed by atoms with E-state index in [1.807, 2.05) is 0 Å². The van der Waals surface area contributed by atoms with E-state index in [1.165, 1.54) is 12.8 Å². The van der Waals surface area contributed by atoms with Gasteiger partial charge in [-0.05, 0) is 44.3 Å². The molecule has 1 atom stereocenters. The van der Waals surface area contributed by atoms with Gasteiger partial charge in [0.25, 0.3) is 0 Å². The normalized spacial score (nSPS) is 14.2. The minimum absolute atomic E-state index is 0.299. The third-order valence-corrected chi connectivity index (χ3v) is 3.50. The maximum atomic E-state index is 8.89. The Kier molecular flexibility index (Phi) is 9.70. The van der Waals surface area contributed by atoms with E-state index in [0.29, 0.717) is 18.1 Å². The number of nitrogens with one attached hydrogen (secondary N) is 1. The van der Waals surface area contributed by atoms with Crippen molar-refractivity contribution >= 4 is 0 Å². The molecule has 18 heavy (non-hydrogen) atoms. The quantitative estimate of drug-likeness (QED) is 0.632. The Morgan fingerprint density at radius 2 is 1.83 bits per heavy atom. The number of nitrogens with zero attached hydrogens (tertiary/aromatic N) is 1. The lowest BCUT2D eigenvalue weighted by atomic mass is 9.84. The fraction of sp³-hybridized carbons (Fsp3) is 1.00. The van der Waals surface area contributed by atoms with Crippen LogP contribution in [0.4, 0.5) is 0 Å². The molecule has 0 fully saturated rings. The summed E-state index contributed by atoms with van der Waals surface area (Å²) in [6, 6.07) is 0.570. The molecule has 2 N–H and O–H groups in total. The second-order valence-electron chi connectivity index (χ2n) is 6.17. The Bertz CT molecular complexity index is 189. The van der Waals surface area contributed by atoms with Gasteiger partial charge in [0.15, 0.2) is 0 Å². The highest BCUT2D eigenvalue weighted by Gasteiger charge is 2.23. The van der Waals surface area contributed by atoms with Gasteiger partial charge in [0.2, 0.25) is 0 Å². The number of rotatable bonds is 10. The molecule has 1 unspecified atom stereocenters. The Labute approximate surface area is 114 Å². The van der Waals surface area contributed by atoms with Crippen molar-refractivity contribution in [3.05, 3.63) is 0 Å². The standard InChI is InChI=1S/C15H34N2O/c1-6-10-16-14(15(3,4)5)9-12-17(7-2)11-8-13-18/h14,16,18H,6-13H2,1-5H3. The smallest absolute Gasteiger partial charge is 0.0443 e. The third kappa shape index (κ3) is 8.06. The van der Waals surface area contributed by atoms with E-state index in [0.717, 1.165) is 32.6 Å². The van der Waals surface area contributed by atoms with E-state index in [9.17, 15) is 0 Å². The fourth-order valence-corrected chi connectivity index (χ4v) is 2.19. The number of aliphatic hydroxyl groups excluding tert-OH is 1. The van der Waals surface area contributed by atoms with Crippen molar-refractivity contribution in [2.45, 2.75) is 59.9 Å². The van der Waals surface area contributed by atoms with Gasteiger partial charge in [-0.3, -0.25) is 0 Å². The number of aliphatic hydroxyl groups is 1. The molecule has 110 valence electrons. The molecule has 0 aromatic rings. The summed E-state index contributed by atoms with van der Waals surface area (Å²) in [5.41, 5.74) is 0.311. The van der Waals surface area contributed by atoms with Crippen molar-refractivity contribution < 1.29 is 5.11 Å². The van der Waals surface area contributed by atoms with E-state index in [1.54, 1.807) is 0 Å². The Balaban J connectivity index is 4.14. The van der Waals surface area contributed by atoms with Crippen LogP contribution in [0.3, 0.4) is 0 Å². The van der Waals surface area contributed by atoms with Gasteiger partial charge >= 0.3 is 0 Å². The molecule has 0 heterocycles. The minimum Gasteiger partial charge on any atom is -0.396 e. The van der Waals surface area contributed by atoms with Crippen LogP contribution in [0.1, 0.15) is 53.9 Å². The van der Waals surface area contributed by atoms with Crippen LogP contribution in [-0.2, 0) is 0 Å². The first-order valence-corrected chi connectivity index (χ1v) is 7.52. The zero-order valence-corrected chi connectivity index (χ0v) is 13.1. The lowest BCUT2D eigenvalue weighted by Gasteiger charge is -2.33. The molecule has 0 radical (unpaired) electrons. The van der Waals surface area contributed by atoms with Crippen molar-refractivity contribution in [2.75, 3.05) is 32.8 Å². The van der Waals surface area contributed by atoms with E-state index in [2.05, 4.69) is 44.8 Å². The van der Waals surface area contributed by atoms with Gasteiger partial charge in [-0.25, -0.2) is 0 Å². The van der Waals surface area contributed by atoms with E-state index >= 15 is 0 Å². The molecule has 3 heteroatoms. The highest BCUT2D eigenvalue weighted by atomic mass is 16.3. The number of hydrogen-bond donors (Lipinski definition) is 2. The van der Waals surface area contributed by atoms with Gasteiger partial charge in [0.1, 0.15) is 0 Å². The van der Waals surface area contributed by atoms with E-state index < -0.39 is 0 Å². The largest absolute Gasteiger partial charge is 0.396 e. The van der Waals surface area contributed by atoms with Gasteiger partial charge in [-0.1, -0.05) is 34.6 Å². The van der Waals surface area contributed by atoms with E-state index in [4.69, 9.17) is 5.11 Å². The zero-order valence-electron chi connectivity index (χ0n) is 13.1. The van der Waals surface area contributed by atoms with Crippen LogP contribution in [-0.4, -0.2) is 48.8 Å². The predicted molar refractivity (Wildman–Crippen MR) is 80.0 cm³/mol. The van der Waals surface area contributed by atoms with Crippen LogP contribution in [0.5, 0.6) is 0 Å². The van der Waals surface area contributed by atoms with Crippen LogP contribution in [0.2, 0.25) is 0 Å². The lowest BCUT2D eigenvalue weighted by Crippen LogP contribution is -2.43. The van der Waals surface area contributed by atoms with Crippen LogP contribution >= 0.6 is 0 Å². The number of hydrogen-bond acceptors (Lipinski definition) is 3. The molecular formula is C15H34N2O. The van der Waals surface area contributed by atoms with Crippen molar-refractivity contribution in [1.82, 2.24) is 10.2 Å². The summed E-state index contributed by atoms with van der Waals surface area (Å²) in [4.78, 5) is 2.43. The minimum atomic E-state index is 0.299. The first-order chi connectivity index (χ1) is 8.45. The summed E-state index contributed by atoms with van der Waals surface area (Å²) in [6.07, 6.45) is 3.26. The summed E-state index contributed by atoms with van der Waals surface area (Å²) in [5.74, 6) is 0. The summed E-state index contributed by atoms with van der Waals surface area (Å²) in [7, 11) is 0. The van der Waals surface area contributed by atoms with Gasteiger partial charge in [-0.2, -0.15) is 0 Å². The molecule has 0 aromatic heterocycles. The first kappa shape index (κ1) is 17.9. The molecule has 0 saturated heterocycles. The van der Waals surface area contributed by atoms with Crippen molar-refractivity contribution in [3.8, 4) is 0 Å². The molecule has 0 aliphatic carbocycles. The molecule has 0 bridgehead atoms. The molecule has 0 amide bonds. The third-order valence-electron chi connectivity index (χ3n) is 3.50. The van der Waals surface area contributed by atoms with Gasteiger partial charge in [0.05, 0.1) is 0 Å². The average molecular weight is 258 g/mol. The second kappa shape index (κ2) is 9.76. The fourth-order valence-electron chi connectivity index (χ4n) is 2.19. The summed E-state index contributed by atoms with van der Waals surface area (Å²) in [5, 5.41) is 12.6. The van der Waals surface area contributed by atoms with Gasteiger partial charge < -0.3 is 15.3 Å². The molecule has 0 aliphatic heterocycles. The highest BCUT2D eigenvalue weighted by Crippen LogP contribution is 2.22. The molecule has 0 aromatic carbocycles. The molecule has 0 saturated carbocycles. The summed E-state index contributed by atoms with van der Waals surface area (Å²) in [6.45, 7) is 15.9. The van der Waals surface area contributed by atoms with Crippen LogP contribution < -0.4 is 5.32 Å². The topological polar surface area (TPSA) is 35.5 Å². The molecule has 3 nitrogen and oxygen atoms in total. The second-order valence-corrected chi connectivity index (χ2v) is 6.17. The van der Waals surface area contributed by atoms with Crippen molar-refractivity contribution in [2.24, 2.45) is 5.41 Å². The predicted octanol–water partition coefficient (Wildman–Crippen LogP) is 2.50. The molecule has 0 rings (SSSR count). The maximum Gasteiger partial charge on any atom is 0.0443 e. The molecule has 0 spiro atoms. The zero-order chi connectivity index (χ0) is 14.0. The summed E-state index contributed by atoms with van der Waals surface area (Å²) >= 11 is 0. The lowest BCUT2D eigenvalue weighted by molar-refractivity contribution is 0.194. The molecular weight excluding hydrogens is 224 g/mol. The summed E-state index contributed by atoms with van der Waals surface area (Å²) < 4.78 is 0. The molecule has 0 aliphatic rings. The SMILES string of the molecule is CCCNC(CCN(CC)CCCO)C(C)(C)C. The van der Waals surface area contributed by atoms with Gasteiger partial charge in [-0.15, -0.1) is 0 Å². The van der Waals surface area contributed by atoms with Crippen LogP contribution in [0.25, 0.3) is 0 Å². The Morgan fingerprint density at radius 3 is 2.28 bits per heavy atom. The highest BCUT2D eigenvalue weighted by molar-refractivity contribution is 4.81. The monoisotopic (exact) mass is 258 g/mol. The Morgan fingerprint density at radius 1 is 1.17 bits per heavy atom. The van der Waals surface area contributed by atoms with Crippen molar-refractivity contribution in [1.29, 1.82) is 0 Å². The average Bonchev–Trinajstić information content (AvgIpc) is 2.31. The first-order valence-electron chi connectivity index (χ1n) is 7.52. The van der Waals surface area contributed by atoms with E-state index in [-0.39, 0.29) is 0 Å². The van der Waals surface area contributed by atoms with Gasteiger partial charge in [0, 0.05) is 19.2 Å². The van der Waals surface area contributed by atoms with Crippen LogP contribution in [0, 0.1) is 5.41 Å². The van der Waals surface area contributed by atoms with Crippen LogP contribution in [0.15, 0.2) is 0 Å². The maximum absolute atomic E-state index is 8.89. The van der Waals surface area contributed by atoms with Crippen molar-refractivity contribution in [3.63, 3.8) is 0 Å².